The van der Waals surface area contributed by atoms with Crippen LogP contribution in [0.5, 0.6) is 5.75 Å². The molecular formula is C27H37NO3. The molecule has 31 heavy (non-hydrogen) atoms. The highest BCUT2D eigenvalue weighted by Gasteiger charge is 2.45. The molecule has 1 aliphatic rings. The van der Waals surface area contributed by atoms with Crippen LogP contribution in [0.4, 0.5) is 5.69 Å². The lowest BCUT2D eigenvalue weighted by molar-refractivity contribution is -0.157. The van der Waals surface area contributed by atoms with Crippen LogP contribution in [0.2, 0.25) is 0 Å². The smallest absolute Gasteiger partial charge is 0.132 e. The van der Waals surface area contributed by atoms with Gasteiger partial charge < -0.3 is 19.5 Å². The van der Waals surface area contributed by atoms with Gasteiger partial charge in [0.15, 0.2) is 0 Å². The molecule has 2 aromatic rings. The predicted molar refractivity (Wildman–Crippen MR) is 128 cm³/mol. The van der Waals surface area contributed by atoms with E-state index in [0.717, 1.165) is 36.4 Å². The van der Waals surface area contributed by atoms with Crippen molar-refractivity contribution in [3.63, 3.8) is 0 Å². The van der Waals surface area contributed by atoms with Crippen LogP contribution in [0, 0.1) is 6.92 Å². The number of ether oxygens (including phenoxy) is 3. The van der Waals surface area contributed by atoms with Gasteiger partial charge in [0.05, 0.1) is 6.61 Å². The van der Waals surface area contributed by atoms with Gasteiger partial charge >= 0.3 is 0 Å². The van der Waals surface area contributed by atoms with Gasteiger partial charge in [-0.15, -0.1) is 0 Å². The van der Waals surface area contributed by atoms with Gasteiger partial charge in [-0.3, -0.25) is 0 Å². The van der Waals surface area contributed by atoms with E-state index in [1.54, 1.807) is 0 Å². The highest BCUT2D eigenvalue weighted by atomic mass is 16.6. The maximum absolute atomic E-state index is 6.41. The van der Waals surface area contributed by atoms with Gasteiger partial charge in [-0.25, -0.2) is 0 Å². The van der Waals surface area contributed by atoms with E-state index in [4.69, 9.17) is 14.2 Å². The zero-order valence-electron chi connectivity index (χ0n) is 19.6. The van der Waals surface area contributed by atoms with E-state index in [1.165, 1.54) is 11.1 Å². The Morgan fingerprint density at radius 1 is 1.13 bits per heavy atom. The van der Waals surface area contributed by atoms with Crippen molar-refractivity contribution in [1.29, 1.82) is 0 Å². The summed E-state index contributed by atoms with van der Waals surface area (Å²) in [5.41, 5.74) is 4.20. The molecule has 2 aromatic carbocycles. The molecule has 0 bridgehead atoms. The molecule has 4 heteroatoms. The van der Waals surface area contributed by atoms with Crippen molar-refractivity contribution in [1.82, 2.24) is 0 Å². The zero-order chi connectivity index (χ0) is 22.3. The minimum Gasteiger partial charge on any atom is -0.485 e. The van der Waals surface area contributed by atoms with E-state index < -0.39 is 5.60 Å². The summed E-state index contributed by atoms with van der Waals surface area (Å²) in [5, 5.41) is 3.56. The highest BCUT2D eigenvalue weighted by molar-refractivity contribution is 5.54. The molecule has 4 nitrogen and oxygen atoms in total. The molecule has 2 atom stereocenters. The van der Waals surface area contributed by atoms with Crippen LogP contribution in [0.3, 0.4) is 0 Å². The van der Waals surface area contributed by atoms with Gasteiger partial charge in [-0.1, -0.05) is 49.8 Å². The number of anilines is 1. The number of rotatable bonds is 10. The van der Waals surface area contributed by atoms with Gasteiger partial charge in [0.2, 0.25) is 0 Å². The average molecular weight is 424 g/mol. The van der Waals surface area contributed by atoms with Gasteiger partial charge in [0.1, 0.15) is 23.6 Å². The van der Waals surface area contributed by atoms with Crippen molar-refractivity contribution in [2.24, 2.45) is 0 Å². The Bertz CT molecular complexity index is 875. The molecule has 0 radical (unpaired) electrons. The number of fused-ring (bicyclic) bond motifs is 1. The SMILES string of the molecule is CC=CCOC1C(OCCCC)c2cc(NCc3ccccc3C)ccc2OC1(C)C. The molecule has 168 valence electrons. The molecule has 2 unspecified atom stereocenters. The van der Waals surface area contributed by atoms with E-state index in [1.807, 2.05) is 19.1 Å². The first-order valence-corrected chi connectivity index (χ1v) is 11.4. The normalized spacial score (nSPS) is 19.8. The summed E-state index contributed by atoms with van der Waals surface area (Å²) < 4.78 is 19.1. The summed E-state index contributed by atoms with van der Waals surface area (Å²) in [6.07, 6.45) is 5.79. The molecule has 0 saturated carbocycles. The number of hydrogen-bond acceptors (Lipinski definition) is 4. The summed E-state index contributed by atoms with van der Waals surface area (Å²) in [7, 11) is 0. The maximum atomic E-state index is 6.41. The second-order valence-corrected chi connectivity index (χ2v) is 8.71. The molecule has 0 saturated heterocycles. The average Bonchev–Trinajstić information content (AvgIpc) is 2.74. The van der Waals surface area contributed by atoms with Gasteiger partial charge in [-0.2, -0.15) is 0 Å². The zero-order valence-corrected chi connectivity index (χ0v) is 19.6. The monoisotopic (exact) mass is 423 g/mol. The molecule has 1 aliphatic heterocycles. The summed E-state index contributed by atoms with van der Waals surface area (Å²) in [5.74, 6) is 0.874. The van der Waals surface area contributed by atoms with E-state index in [2.05, 4.69) is 75.5 Å². The van der Waals surface area contributed by atoms with Crippen molar-refractivity contribution in [3.8, 4) is 5.75 Å². The second-order valence-electron chi connectivity index (χ2n) is 8.71. The minimum absolute atomic E-state index is 0.171. The molecule has 1 heterocycles. The van der Waals surface area contributed by atoms with Gasteiger partial charge in [-0.05, 0) is 63.4 Å². The first-order valence-electron chi connectivity index (χ1n) is 11.4. The predicted octanol–water partition coefficient (Wildman–Crippen LogP) is 6.60. The Labute approximate surface area is 187 Å². The van der Waals surface area contributed by atoms with E-state index in [-0.39, 0.29) is 12.2 Å². The molecule has 0 fully saturated rings. The number of allylic oxidation sites excluding steroid dienone is 1. The fourth-order valence-electron chi connectivity index (χ4n) is 3.92. The number of aryl methyl sites for hydroxylation is 1. The van der Waals surface area contributed by atoms with Gasteiger partial charge in [0, 0.05) is 24.4 Å². The molecule has 3 rings (SSSR count). The molecular weight excluding hydrogens is 386 g/mol. The lowest BCUT2D eigenvalue weighted by Gasteiger charge is -2.44. The lowest BCUT2D eigenvalue weighted by Crippen LogP contribution is -2.51. The Kier molecular flexibility index (Phi) is 8.16. The fourth-order valence-corrected chi connectivity index (χ4v) is 3.92. The fraction of sp³-hybridized carbons (Fsp3) is 0.481. The summed E-state index contributed by atoms with van der Waals surface area (Å²) >= 11 is 0. The van der Waals surface area contributed by atoms with Crippen molar-refractivity contribution < 1.29 is 14.2 Å². The largest absolute Gasteiger partial charge is 0.485 e. The first kappa shape index (κ1) is 23.4. The summed E-state index contributed by atoms with van der Waals surface area (Å²) in [6, 6.07) is 14.7. The number of hydrogen-bond donors (Lipinski definition) is 1. The van der Waals surface area contributed by atoms with E-state index in [9.17, 15) is 0 Å². The van der Waals surface area contributed by atoms with Crippen LogP contribution in [0.25, 0.3) is 0 Å². The van der Waals surface area contributed by atoms with Crippen molar-refractivity contribution in [2.75, 3.05) is 18.5 Å². The van der Waals surface area contributed by atoms with Crippen molar-refractivity contribution in [3.05, 3.63) is 71.3 Å². The van der Waals surface area contributed by atoms with Crippen LogP contribution in [-0.2, 0) is 16.0 Å². The Morgan fingerprint density at radius 2 is 1.94 bits per heavy atom. The van der Waals surface area contributed by atoms with Crippen LogP contribution in [0.15, 0.2) is 54.6 Å². The highest BCUT2D eigenvalue weighted by Crippen LogP contribution is 2.44. The molecule has 0 aromatic heterocycles. The number of benzene rings is 2. The summed E-state index contributed by atoms with van der Waals surface area (Å²) in [6.45, 7) is 12.5. The Balaban J connectivity index is 1.85. The van der Waals surface area contributed by atoms with Crippen molar-refractivity contribution in [2.45, 2.75) is 71.8 Å². The quantitative estimate of drug-likeness (QED) is 0.345. The number of nitrogens with one attached hydrogen (secondary N) is 1. The summed E-state index contributed by atoms with van der Waals surface area (Å²) in [4.78, 5) is 0. The number of unbranched alkanes of at least 4 members (excludes halogenated alkanes) is 1. The third-order valence-electron chi connectivity index (χ3n) is 5.80. The molecule has 0 aliphatic carbocycles. The Hall–Kier alpha value is -2.30. The maximum Gasteiger partial charge on any atom is 0.132 e. The third-order valence-corrected chi connectivity index (χ3v) is 5.80. The minimum atomic E-state index is -0.485. The van der Waals surface area contributed by atoms with Crippen LogP contribution >= 0.6 is 0 Å². The van der Waals surface area contributed by atoms with E-state index >= 15 is 0 Å². The molecule has 1 N–H and O–H groups in total. The first-order chi connectivity index (χ1) is 15.0. The van der Waals surface area contributed by atoms with Crippen LogP contribution in [0.1, 0.15) is 63.3 Å². The topological polar surface area (TPSA) is 39.7 Å². The molecule has 0 amide bonds. The standard InChI is InChI=1S/C27H37NO3/c1-6-8-16-29-25-23-18-22(28-19-21-13-11-10-12-20(21)3)14-15-24(23)31-27(4,5)26(25)30-17-9-7-2/h7,9-15,18,25-26,28H,6,8,16-17,19H2,1-5H3. The lowest BCUT2D eigenvalue weighted by atomic mass is 9.87. The van der Waals surface area contributed by atoms with Crippen molar-refractivity contribution >= 4 is 5.69 Å². The van der Waals surface area contributed by atoms with Crippen LogP contribution in [-0.4, -0.2) is 24.9 Å². The van der Waals surface area contributed by atoms with Crippen LogP contribution < -0.4 is 10.1 Å². The Morgan fingerprint density at radius 3 is 2.68 bits per heavy atom. The second kappa shape index (κ2) is 10.8. The third kappa shape index (κ3) is 5.90. The molecule has 0 spiro atoms. The van der Waals surface area contributed by atoms with Gasteiger partial charge in [0.25, 0.3) is 0 Å². The van der Waals surface area contributed by atoms with E-state index in [0.29, 0.717) is 13.2 Å².